The topological polar surface area (TPSA) is 67.8 Å². The van der Waals surface area contributed by atoms with Crippen LogP contribution < -0.4 is 9.64 Å². The summed E-state index contributed by atoms with van der Waals surface area (Å²) in [4.78, 5) is 25.0. The Balaban J connectivity index is 1.58. The zero-order valence-electron chi connectivity index (χ0n) is 15.2. The Morgan fingerprint density at radius 1 is 1.19 bits per heavy atom. The number of rotatable bonds is 6. The molecule has 0 bridgehead atoms. The Morgan fingerprint density at radius 3 is 2.73 bits per heavy atom. The second-order valence-electron chi connectivity index (χ2n) is 6.08. The lowest BCUT2D eigenvalue weighted by Crippen LogP contribution is -2.46. The molecule has 1 fully saturated rings. The van der Waals surface area contributed by atoms with E-state index in [1.807, 2.05) is 12.1 Å². The van der Waals surface area contributed by atoms with E-state index in [2.05, 4.69) is 31.9 Å². The van der Waals surface area contributed by atoms with E-state index in [0.717, 1.165) is 38.5 Å². The summed E-state index contributed by atoms with van der Waals surface area (Å²) in [7, 11) is 1.68. The molecule has 0 spiro atoms. The number of carbonyl (C=O) groups is 1. The number of nitrogens with zero attached hydrogens (tertiary/aromatic N) is 4. The van der Waals surface area contributed by atoms with Gasteiger partial charge in [-0.25, -0.2) is 14.8 Å². The van der Waals surface area contributed by atoms with Crippen molar-refractivity contribution in [2.75, 3.05) is 44.8 Å². The third kappa shape index (κ3) is 4.49. The SMILES string of the molecule is CCOC(=O)c1ccnc(N2CCN(Cc3cccc(OC)c3)CC2)n1. The maximum absolute atomic E-state index is 11.8. The summed E-state index contributed by atoms with van der Waals surface area (Å²) in [6.45, 7) is 6.44. The molecule has 0 unspecified atom stereocenters. The van der Waals surface area contributed by atoms with Crippen molar-refractivity contribution in [3.8, 4) is 5.75 Å². The van der Waals surface area contributed by atoms with E-state index in [9.17, 15) is 4.79 Å². The molecular weight excluding hydrogens is 332 g/mol. The Labute approximate surface area is 153 Å². The third-order valence-electron chi connectivity index (χ3n) is 4.32. The molecule has 1 saturated heterocycles. The minimum Gasteiger partial charge on any atom is -0.497 e. The Morgan fingerprint density at radius 2 is 2.00 bits per heavy atom. The largest absolute Gasteiger partial charge is 0.497 e. The first kappa shape index (κ1) is 18.1. The zero-order valence-corrected chi connectivity index (χ0v) is 15.2. The van der Waals surface area contributed by atoms with E-state index in [0.29, 0.717) is 18.2 Å². The summed E-state index contributed by atoms with van der Waals surface area (Å²) < 4.78 is 10.3. The van der Waals surface area contributed by atoms with Crippen LogP contribution in [-0.4, -0.2) is 60.7 Å². The molecule has 0 amide bonds. The number of ether oxygens (including phenoxy) is 2. The highest BCUT2D eigenvalue weighted by Crippen LogP contribution is 2.17. The molecule has 3 rings (SSSR count). The molecule has 7 heteroatoms. The molecule has 0 atom stereocenters. The molecular formula is C19H24N4O3. The van der Waals surface area contributed by atoms with E-state index >= 15 is 0 Å². The van der Waals surface area contributed by atoms with Crippen molar-refractivity contribution in [3.63, 3.8) is 0 Å². The van der Waals surface area contributed by atoms with Gasteiger partial charge in [0.25, 0.3) is 0 Å². The number of aromatic nitrogens is 2. The summed E-state index contributed by atoms with van der Waals surface area (Å²) in [6.07, 6.45) is 1.61. The van der Waals surface area contributed by atoms with Crippen molar-refractivity contribution in [2.45, 2.75) is 13.5 Å². The Bertz CT molecular complexity index is 745. The van der Waals surface area contributed by atoms with Crippen molar-refractivity contribution >= 4 is 11.9 Å². The smallest absolute Gasteiger partial charge is 0.357 e. The van der Waals surface area contributed by atoms with Gasteiger partial charge in [-0.1, -0.05) is 12.1 Å². The first-order valence-electron chi connectivity index (χ1n) is 8.80. The summed E-state index contributed by atoms with van der Waals surface area (Å²) in [5.74, 6) is 1.05. The lowest BCUT2D eigenvalue weighted by Gasteiger charge is -2.34. The quantitative estimate of drug-likeness (QED) is 0.733. The summed E-state index contributed by atoms with van der Waals surface area (Å²) in [5.41, 5.74) is 1.54. The molecule has 1 aliphatic heterocycles. The van der Waals surface area contributed by atoms with Crippen molar-refractivity contribution in [1.29, 1.82) is 0 Å². The van der Waals surface area contributed by atoms with Crippen LogP contribution in [-0.2, 0) is 11.3 Å². The lowest BCUT2D eigenvalue weighted by atomic mass is 10.2. The van der Waals surface area contributed by atoms with Crippen LogP contribution in [0.25, 0.3) is 0 Å². The van der Waals surface area contributed by atoms with E-state index < -0.39 is 5.97 Å². The lowest BCUT2D eigenvalue weighted by molar-refractivity contribution is 0.0519. The maximum Gasteiger partial charge on any atom is 0.357 e. The number of hydrogen-bond donors (Lipinski definition) is 0. The van der Waals surface area contributed by atoms with Gasteiger partial charge in [0, 0.05) is 38.9 Å². The molecule has 1 aromatic heterocycles. The third-order valence-corrected chi connectivity index (χ3v) is 4.32. The first-order valence-corrected chi connectivity index (χ1v) is 8.80. The van der Waals surface area contributed by atoms with Crippen molar-refractivity contribution in [2.24, 2.45) is 0 Å². The van der Waals surface area contributed by atoms with Crippen LogP contribution in [0.3, 0.4) is 0 Å². The molecule has 1 aliphatic rings. The molecule has 138 valence electrons. The van der Waals surface area contributed by atoms with Gasteiger partial charge in [-0.15, -0.1) is 0 Å². The van der Waals surface area contributed by atoms with Crippen LogP contribution >= 0.6 is 0 Å². The molecule has 0 saturated carbocycles. The number of carbonyl (C=O) groups excluding carboxylic acids is 1. The van der Waals surface area contributed by atoms with Crippen LogP contribution in [0.4, 0.5) is 5.95 Å². The molecule has 2 heterocycles. The van der Waals surface area contributed by atoms with Gasteiger partial charge in [0.2, 0.25) is 5.95 Å². The minimum absolute atomic E-state index is 0.302. The summed E-state index contributed by atoms with van der Waals surface area (Å²) in [5, 5.41) is 0. The average molecular weight is 356 g/mol. The number of benzene rings is 1. The number of anilines is 1. The van der Waals surface area contributed by atoms with E-state index in [1.54, 1.807) is 26.3 Å². The van der Waals surface area contributed by atoms with Crippen molar-refractivity contribution in [1.82, 2.24) is 14.9 Å². The predicted octanol–water partition coefficient (Wildman–Crippen LogP) is 1.98. The summed E-state index contributed by atoms with van der Waals surface area (Å²) in [6, 6.07) is 9.73. The van der Waals surface area contributed by atoms with Crippen molar-refractivity contribution in [3.05, 3.63) is 47.8 Å². The van der Waals surface area contributed by atoms with Gasteiger partial charge in [-0.05, 0) is 30.7 Å². The number of esters is 1. The first-order chi connectivity index (χ1) is 12.7. The molecule has 0 N–H and O–H groups in total. The number of methoxy groups -OCH3 is 1. The van der Waals surface area contributed by atoms with Gasteiger partial charge in [-0.3, -0.25) is 4.90 Å². The van der Waals surface area contributed by atoms with Gasteiger partial charge in [-0.2, -0.15) is 0 Å². The van der Waals surface area contributed by atoms with E-state index in [-0.39, 0.29) is 0 Å². The second kappa shape index (κ2) is 8.62. The van der Waals surface area contributed by atoms with Gasteiger partial charge >= 0.3 is 5.97 Å². The van der Waals surface area contributed by atoms with Gasteiger partial charge in [0.1, 0.15) is 5.75 Å². The van der Waals surface area contributed by atoms with Crippen LogP contribution in [0.2, 0.25) is 0 Å². The fourth-order valence-electron chi connectivity index (χ4n) is 2.95. The van der Waals surface area contributed by atoms with Gasteiger partial charge < -0.3 is 14.4 Å². The highest BCUT2D eigenvalue weighted by Gasteiger charge is 2.20. The van der Waals surface area contributed by atoms with E-state index in [1.165, 1.54) is 5.56 Å². The fraction of sp³-hybridized carbons (Fsp3) is 0.421. The Kier molecular flexibility index (Phi) is 6.01. The Hall–Kier alpha value is -2.67. The van der Waals surface area contributed by atoms with Crippen LogP contribution in [0.1, 0.15) is 23.0 Å². The predicted molar refractivity (Wildman–Crippen MR) is 98.5 cm³/mol. The number of hydrogen-bond acceptors (Lipinski definition) is 7. The van der Waals surface area contributed by atoms with Gasteiger partial charge in [0.15, 0.2) is 5.69 Å². The molecule has 0 aliphatic carbocycles. The molecule has 1 aromatic carbocycles. The van der Waals surface area contributed by atoms with E-state index in [4.69, 9.17) is 9.47 Å². The molecule has 7 nitrogen and oxygen atoms in total. The maximum atomic E-state index is 11.8. The van der Waals surface area contributed by atoms with Gasteiger partial charge in [0.05, 0.1) is 13.7 Å². The summed E-state index contributed by atoms with van der Waals surface area (Å²) >= 11 is 0. The average Bonchev–Trinajstić information content (AvgIpc) is 2.69. The normalized spacial score (nSPS) is 14.9. The minimum atomic E-state index is -0.409. The zero-order chi connectivity index (χ0) is 18.4. The van der Waals surface area contributed by atoms with Crippen LogP contribution in [0.5, 0.6) is 5.75 Å². The van der Waals surface area contributed by atoms with Crippen LogP contribution in [0, 0.1) is 0 Å². The number of piperazine rings is 1. The molecule has 0 radical (unpaired) electrons. The molecule has 26 heavy (non-hydrogen) atoms. The molecule has 2 aromatic rings. The standard InChI is InChI=1S/C19H24N4O3/c1-3-26-18(24)17-7-8-20-19(21-17)23-11-9-22(10-12-23)14-15-5-4-6-16(13-15)25-2/h4-8,13H,3,9-12,14H2,1-2H3. The highest BCUT2D eigenvalue weighted by molar-refractivity contribution is 5.87. The monoisotopic (exact) mass is 356 g/mol. The second-order valence-corrected chi connectivity index (χ2v) is 6.08. The van der Waals surface area contributed by atoms with Crippen LogP contribution in [0.15, 0.2) is 36.5 Å². The highest BCUT2D eigenvalue weighted by atomic mass is 16.5. The van der Waals surface area contributed by atoms with Crippen molar-refractivity contribution < 1.29 is 14.3 Å². The fourth-order valence-corrected chi connectivity index (χ4v) is 2.95.